The summed E-state index contributed by atoms with van der Waals surface area (Å²) in [5.74, 6) is -0.297. The van der Waals surface area contributed by atoms with Crippen LogP contribution in [0, 0.1) is 0 Å². The summed E-state index contributed by atoms with van der Waals surface area (Å²) in [6.45, 7) is 1.70. The fraction of sp³-hybridized carbons (Fsp3) is 0.849. The van der Waals surface area contributed by atoms with Crippen molar-refractivity contribution in [3.63, 3.8) is 0 Å². The lowest BCUT2D eigenvalue weighted by Gasteiger charge is -2.48. The summed E-state index contributed by atoms with van der Waals surface area (Å²) in [6, 6.07) is -1.00. The Morgan fingerprint density at radius 1 is 0.391 bits per heavy atom. The molecule has 92 heavy (non-hydrogen) atoms. The van der Waals surface area contributed by atoms with Gasteiger partial charge in [0.05, 0.1) is 38.6 Å². The highest BCUT2D eigenvalue weighted by molar-refractivity contribution is 5.76. The molecule has 12 N–H and O–H groups in total. The van der Waals surface area contributed by atoms with Gasteiger partial charge in [0, 0.05) is 6.42 Å². The lowest BCUT2D eigenvalue weighted by atomic mass is 9.96. The third-order valence-electron chi connectivity index (χ3n) is 18.0. The van der Waals surface area contributed by atoms with Crippen LogP contribution in [0.3, 0.4) is 0 Å². The fourth-order valence-electron chi connectivity index (χ4n) is 12.1. The number of carbonyl (C=O) groups excluding carboxylic acids is 1. The Labute approximate surface area is 554 Å². The molecule has 17 unspecified atom stereocenters. The van der Waals surface area contributed by atoms with Crippen molar-refractivity contribution in [2.24, 2.45) is 0 Å². The van der Waals surface area contributed by atoms with Gasteiger partial charge in [-0.05, 0) is 77.0 Å². The molecule has 0 aromatic heterocycles. The highest BCUT2D eigenvalue weighted by Gasteiger charge is 2.53. The van der Waals surface area contributed by atoms with Gasteiger partial charge in [-0.3, -0.25) is 4.79 Å². The van der Waals surface area contributed by atoms with E-state index in [4.69, 9.17) is 28.4 Å². The highest BCUT2D eigenvalue weighted by Crippen LogP contribution is 2.33. The van der Waals surface area contributed by atoms with Crippen LogP contribution in [0.15, 0.2) is 60.8 Å². The van der Waals surface area contributed by atoms with Crippen LogP contribution in [0.5, 0.6) is 0 Å². The SMILES string of the molecule is CCCCCC/C=C\C/C=C\CCCCCCCCCC(=O)NC(COC1OC(CO)C(OC2OC(CO)C(OC3OC(CO)C(O)C(O)C3O)C(O)C2O)C(O)C1O)C(O)/C=C/CC/C=C/CC/C=C/CCCCCCCCCCCCCCCCCCCCC. The van der Waals surface area contributed by atoms with Crippen LogP contribution in [-0.2, 0) is 33.2 Å². The number of nitrogens with one attached hydrogen (secondary N) is 1. The van der Waals surface area contributed by atoms with E-state index in [0.29, 0.717) is 12.8 Å². The second-order valence-corrected chi connectivity index (χ2v) is 26.0. The topological polar surface area (TPSA) is 307 Å². The second kappa shape index (κ2) is 54.5. The van der Waals surface area contributed by atoms with Gasteiger partial charge in [-0.25, -0.2) is 0 Å². The van der Waals surface area contributed by atoms with E-state index in [1.807, 2.05) is 6.08 Å². The lowest BCUT2D eigenvalue weighted by molar-refractivity contribution is -0.379. The van der Waals surface area contributed by atoms with Gasteiger partial charge in [0.2, 0.25) is 5.91 Å². The number of hydrogen-bond donors (Lipinski definition) is 12. The van der Waals surface area contributed by atoms with Gasteiger partial charge in [-0.1, -0.05) is 242 Å². The average Bonchev–Trinajstić information content (AvgIpc) is 0.838. The first-order chi connectivity index (χ1) is 44.8. The third kappa shape index (κ3) is 35.7. The average molecular weight is 1310 g/mol. The first kappa shape index (κ1) is 83.7. The molecule has 0 aliphatic carbocycles. The molecule has 17 atom stereocenters. The number of amides is 1. The number of carbonyl (C=O) groups is 1. The Kier molecular flexibility index (Phi) is 49.6. The van der Waals surface area contributed by atoms with Gasteiger partial charge in [0.1, 0.15) is 73.2 Å². The molecule has 0 bridgehead atoms. The van der Waals surface area contributed by atoms with E-state index < -0.39 is 124 Å². The van der Waals surface area contributed by atoms with Crippen molar-refractivity contribution in [1.82, 2.24) is 5.32 Å². The van der Waals surface area contributed by atoms with Crippen LogP contribution in [-0.4, -0.2) is 193 Å². The summed E-state index contributed by atoms with van der Waals surface area (Å²) in [4.78, 5) is 13.4. The van der Waals surface area contributed by atoms with E-state index in [1.54, 1.807) is 6.08 Å². The third-order valence-corrected chi connectivity index (χ3v) is 18.0. The molecule has 19 heteroatoms. The molecule has 0 radical (unpaired) electrons. The minimum atomic E-state index is -1.99. The monoisotopic (exact) mass is 1310 g/mol. The predicted octanol–water partition coefficient (Wildman–Crippen LogP) is 10.3. The van der Waals surface area contributed by atoms with Crippen LogP contribution in [0.2, 0.25) is 0 Å². The first-order valence-electron chi connectivity index (χ1n) is 36.5. The zero-order chi connectivity index (χ0) is 66.8. The maximum Gasteiger partial charge on any atom is 0.220 e. The molecule has 3 saturated heterocycles. The summed E-state index contributed by atoms with van der Waals surface area (Å²) in [6.07, 6.45) is 40.7. The Hall–Kier alpha value is -2.51. The maximum atomic E-state index is 13.4. The standard InChI is InChI=1S/C73H131NO18/c1-3-5-7-9-11-13-15-17-19-21-23-24-25-26-27-28-29-30-31-32-33-34-36-38-40-42-44-46-48-50-57(78)56(74-61(79)51-49-47-45-43-41-39-37-35-22-20-18-16-14-12-10-8-6-4-2)55-87-71-67(85)64(82)69(59(53-76)89-71)92-73-68(86)65(83)70(60(54-77)90-73)91-72-66(84)63(81)62(80)58(52-75)88-72/h14,16,20,22,33-34,40,42,48,50,56-60,62-73,75-78,80-86H,3-13,15,17-19,21,23-32,35-39,41,43-47,49,51-55H2,1-2H3,(H,74,79)/b16-14-,22-20-,34-33+,42-40+,50-48+. The number of aliphatic hydroxyl groups excluding tert-OH is 11. The van der Waals surface area contributed by atoms with E-state index in [9.17, 15) is 61.0 Å². The van der Waals surface area contributed by atoms with Crippen molar-refractivity contribution in [3.05, 3.63) is 60.8 Å². The summed E-state index contributed by atoms with van der Waals surface area (Å²) in [7, 11) is 0. The maximum absolute atomic E-state index is 13.4. The largest absolute Gasteiger partial charge is 0.394 e. The molecule has 3 fully saturated rings. The van der Waals surface area contributed by atoms with Crippen molar-refractivity contribution in [1.29, 1.82) is 0 Å². The number of unbranched alkanes of at least 4 members (excludes halogenated alkanes) is 32. The molecule has 536 valence electrons. The molecule has 0 spiro atoms. The van der Waals surface area contributed by atoms with Crippen molar-refractivity contribution >= 4 is 5.91 Å². The first-order valence-corrected chi connectivity index (χ1v) is 36.5. The van der Waals surface area contributed by atoms with E-state index >= 15 is 0 Å². The molecule has 0 aromatic carbocycles. The Balaban J connectivity index is 1.43. The summed E-state index contributed by atoms with van der Waals surface area (Å²) in [5, 5.41) is 121. The van der Waals surface area contributed by atoms with Gasteiger partial charge in [-0.2, -0.15) is 0 Å². The van der Waals surface area contributed by atoms with Crippen molar-refractivity contribution in [2.75, 3.05) is 26.4 Å². The molecule has 3 aliphatic rings. The molecule has 19 nitrogen and oxygen atoms in total. The van der Waals surface area contributed by atoms with Crippen LogP contribution in [0.4, 0.5) is 0 Å². The van der Waals surface area contributed by atoms with Gasteiger partial charge in [-0.15, -0.1) is 0 Å². The Morgan fingerprint density at radius 2 is 0.728 bits per heavy atom. The molecule has 1 amide bonds. The van der Waals surface area contributed by atoms with Crippen molar-refractivity contribution < 1.29 is 89.4 Å². The minimum absolute atomic E-state index is 0.221. The molecule has 3 aliphatic heterocycles. The highest BCUT2D eigenvalue weighted by atomic mass is 16.8. The predicted molar refractivity (Wildman–Crippen MR) is 360 cm³/mol. The molecule has 0 saturated carbocycles. The minimum Gasteiger partial charge on any atom is -0.394 e. The summed E-state index contributed by atoms with van der Waals surface area (Å²) < 4.78 is 34.3. The normalized spacial score (nSPS) is 28.0. The zero-order valence-corrected chi connectivity index (χ0v) is 56.8. The number of ether oxygens (including phenoxy) is 6. The number of aliphatic hydroxyl groups is 11. The van der Waals surface area contributed by atoms with Crippen LogP contribution in [0.1, 0.15) is 264 Å². The zero-order valence-electron chi connectivity index (χ0n) is 56.8. The smallest absolute Gasteiger partial charge is 0.220 e. The lowest BCUT2D eigenvalue weighted by Crippen LogP contribution is -2.66. The van der Waals surface area contributed by atoms with E-state index in [2.05, 4.69) is 67.8 Å². The summed E-state index contributed by atoms with van der Waals surface area (Å²) in [5.41, 5.74) is 0. The number of rotatable bonds is 56. The van der Waals surface area contributed by atoms with E-state index in [0.717, 1.165) is 83.5 Å². The van der Waals surface area contributed by atoms with Crippen LogP contribution in [0.25, 0.3) is 0 Å². The quantitative estimate of drug-likeness (QED) is 0.0199. The van der Waals surface area contributed by atoms with Crippen LogP contribution < -0.4 is 5.32 Å². The number of allylic oxidation sites excluding steroid dienone is 9. The van der Waals surface area contributed by atoms with Crippen LogP contribution >= 0.6 is 0 Å². The van der Waals surface area contributed by atoms with E-state index in [1.165, 1.54) is 148 Å². The molecular formula is C73H131NO18. The van der Waals surface area contributed by atoms with Crippen molar-refractivity contribution in [3.8, 4) is 0 Å². The molecule has 3 rings (SSSR count). The molecule has 0 aromatic rings. The second-order valence-electron chi connectivity index (χ2n) is 26.0. The van der Waals surface area contributed by atoms with Crippen molar-refractivity contribution in [2.45, 2.75) is 369 Å². The van der Waals surface area contributed by atoms with Gasteiger partial charge < -0.3 is 89.9 Å². The Bertz CT molecular complexity index is 1900. The van der Waals surface area contributed by atoms with Gasteiger partial charge >= 0.3 is 0 Å². The van der Waals surface area contributed by atoms with Gasteiger partial charge in [0.25, 0.3) is 0 Å². The van der Waals surface area contributed by atoms with E-state index in [-0.39, 0.29) is 18.9 Å². The number of hydrogen-bond acceptors (Lipinski definition) is 18. The molecular weight excluding hydrogens is 1180 g/mol. The Morgan fingerprint density at radius 3 is 1.16 bits per heavy atom. The van der Waals surface area contributed by atoms with Gasteiger partial charge in [0.15, 0.2) is 18.9 Å². The molecule has 3 heterocycles. The summed E-state index contributed by atoms with van der Waals surface area (Å²) >= 11 is 0. The fourth-order valence-corrected chi connectivity index (χ4v) is 12.1.